The zero-order chi connectivity index (χ0) is 22.4. The zero-order valence-electron chi connectivity index (χ0n) is 17.8. The predicted octanol–water partition coefficient (Wildman–Crippen LogP) is 3.21. The molecule has 3 rings (SSSR count). The van der Waals surface area contributed by atoms with Gasteiger partial charge in [-0.15, -0.1) is 0 Å². The second-order valence-electron chi connectivity index (χ2n) is 6.80. The lowest BCUT2D eigenvalue weighted by molar-refractivity contribution is -0.117. The van der Waals surface area contributed by atoms with E-state index in [1.54, 1.807) is 26.2 Å². The van der Waals surface area contributed by atoms with Crippen molar-refractivity contribution in [2.45, 2.75) is 31.7 Å². The zero-order valence-corrected chi connectivity index (χ0v) is 19.5. The van der Waals surface area contributed by atoms with Crippen molar-refractivity contribution in [3.63, 3.8) is 0 Å². The van der Waals surface area contributed by atoms with Crippen LogP contribution in [-0.2, 0) is 32.3 Å². The van der Waals surface area contributed by atoms with Crippen molar-refractivity contribution in [1.82, 2.24) is 4.57 Å². The summed E-state index contributed by atoms with van der Waals surface area (Å²) in [4.78, 5) is 17.9. The Labute approximate surface area is 185 Å². The van der Waals surface area contributed by atoms with Gasteiger partial charge < -0.3 is 14.0 Å². The molecule has 7 nitrogen and oxygen atoms in total. The van der Waals surface area contributed by atoms with Gasteiger partial charge in [0.1, 0.15) is 5.75 Å². The van der Waals surface area contributed by atoms with E-state index in [0.29, 0.717) is 30.1 Å². The van der Waals surface area contributed by atoms with Gasteiger partial charge in [-0.05, 0) is 42.8 Å². The van der Waals surface area contributed by atoms with Gasteiger partial charge in [0, 0.05) is 13.2 Å². The topological polar surface area (TPSA) is 87.0 Å². The second-order valence-corrected chi connectivity index (χ2v) is 10.1. The minimum Gasteiger partial charge on any atom is -0.497 e. The first-order chi connectivity index (χ1) is 14.9. The Morgan fingerprint density at radius 3 is 2.52 bits per heavy atom. The number of hydrogen-bond acceptors (Lipinski definition) is 6. The second kappa shape index (κ2) is 10.2. The number of carbonyl (C=O) groups is 1. The average Bonchev–Trinajstić information content (AvgIpc) is 3.10. The maximum Gasteiger partial charge on any atom is 0.252 e. The van der Waals surface area contributed by atoms with Gasteiger partial charge >= 0.3 is 0 Å². The van der Waals surface area contributed by atoms with Crippen LogP contribution in [0.2, 0.25) is 0 Å². The summed E-state index contributed by atoms with van der Waals surface area (Å²) in [5.41, 5.74) is 1.68. The number of benzene rings is 2. The molecule has 0 aliphatic carbocycles. The molecule has 0 saturated carbocycles. The van der Waals surface area contributed by atoms with Crippen LogP contribution in [0.3, 0.4) is 0 Å². The average molecular weight is 463 g/mol. The number of thiazole rings is 1. The van der Waals surface area contributed by atoms with Crippen molar-refractivity contribution in [2.24, 2.45) is 4.99 Å². The fourth-order valence-electron chi connectivity index (χ4n) is 3.08. The number of sulfone groups is 1. The highest BCUT2D eigenvalue weighted by atomic mass is 32.2. The van der Waals surface area contributed by atoms with Crippen LogP contribution in [0.25, 0.3) is 10.2 Å². The number of carbonyl (C=O) groups excluding carboxylic acids is 1. The molecule has 166 valence electrons. The van der Waals surface area contributed by atoms with E-state index in [0.717, 1.165) is 16.0 Å². The Bertz CT molecular complexity index is 1230. The number of aromatic nitrogens is 1. The predicted molar refractivity (Wildman–Crippen MR) is 121 cm³/mol. The molecule has 2 aromatic carbocycles. The quantitative estimate of drug-likeness (QED) is 0.456. The summed E-state index contributed by atoms with van der Waals surface area (Å²) in [6.45, 7) is 5.25. The summed E-state index contributed by atoms with van der Waals surface area (Å²) in [7, 11) is -1.65. The number of fused-ring (bicyclic) bond motifs is 1. The van der Waals surface area contributed by atoms with Crippen LogP contribution in [0, 0.1) is 0 Å². The molecular formula is C22H26N2O5S2. The molecule has 0 fully saturated rings. The van der Waals surface area contributed by atoms with Gasteiger partial charge in [-0.25, -0.2) is 8.42 Å². The molecular weight excluding hydrogens is 436 g/mol. The maximum atomic E-state index is 12.7. The van der Waals surface area contributed by atoms with Crippen LogP contribution in [0.15, 0.2) is 52.4 Å². The number of rotatable bonds is 9. The molecule has 1 amide bonds. The third-order valence-corrected chi connectivity index (χ3v) is 7.58. The minimum absolute atomic E-state index is 0.0408. The first-order valence-electron chi connectivity index (χ1n) is 10.0. The highest BCUT2D eigenvalue weighted by molar-refractivity contribution is 7.91. The molecule has 0 saturated heterocycles. The van der Waals surface area contributed by atoms with Crippen molar-refractivity contribution in [3.05, 3.63) is 52.8 Å². The molecule has 31 heavy (non-hydrogen) atoms. The van der Waals surface area contributed by atoms with Gasteiger partial charge in [0.05, 0.1) is 41.0 Å². The smallest absolute Gasteiger partial charge is 0.252 e. The van der Waals surface area contributed by atoms with E-state index >= 15 is 0 Å². The molecule has 9 heteroatoms. The minimum atomic E-state index is -3.26. The van der Waals surface area contributed by atoms with E-state index < -0.39 is 9.84 Å². The molecule has 0 aliphatic heterocycles. The number of hydrogen-bond donors (Lipinski definition) is 0. The van der Waals surface area contributed by atoms with Gasteiger partial charge in [-0.2, -0.15) is 4.99 Å². The van der Waals surface area contributed by atoms with Crippen molar-refractivity contribution < 1.29 is 22.7 Å². The van der Waals surface area contributed by atoms with Gasteiger partial charge in [-0.3, -0.25) is 4.79 Å². The summed E-state index contributed by atoms with van der Waals surface area (Å²) in [6, 6.07) is 12.2. The van der Waals surface area contributed by atoms with Gasteiger partial charge in [0.2, 0.25) is 0 Å². The molecule has 0 radical (unpaired) electrons. The fraction of sp³-hybridized carbons (Fsp3) is 0.364. The lowest BCUT2D eigenvalue weighted by Crippen LogP contribution is -2.20. The molecule has 0 unspecified atom stereocenters. The van der Waals surface area contributed by atoms with E-state index in [1.807, 2.05) is 29.7 Å². The third-order valence-electron chi connectivity index (χ3n) is 4.79. The summed E-state index contributed by atoms with van der Waals surface area (Å²) in [5, 5.41) is 0. The van der Waals surface area contributed by atoms with E-state index in [9.17, 15) is 13.2 Å². The van der Waals surface area contributed by atoms with Crippen molar-refractivity contribution in [3.8, 4) is 5.75 Å². The van der Waals surface area contributed by atoms with Crippen LogP contribution in [0.4, 0.5) is 0 Å². The van der Waals surface area contributed by atoms with Gasteiger partial charge in [0.15, 0.2) is 14.6 Å². The van der Waals surface area contributed by atoms with Crippen molar-refractivity contribution in [1.29, 1.82) is 0 Å². The summed E-state index contributed by atoms with van der Waals surface area (Å²) >= 11 is 1.42. The van der Waals surface area contributed by atoms with E-state index in [2.05, 4.69) is 4.99 Å². The highest BCUT2D eigenvalue weighted by Crippen LogP contribution is 2.23. The molecule has 1 heterocycles. The first-order valence-corrected chi connectivity index (χ1v) is 12.5. The first kappa shape index (κ1) is 23.2. The van der Waals surface area contributed by atoms with Crippen molar-refractivity contribution >= 4 is 37.3 Å². The van der Waals surface area contributed by atoms with Crippen molar-refractivity contribution in [2.75, 3.05) is 26.1 Å². The number of methoxy groups -OCH3 is 1. The Balaban J connectivity index is 1.89. The van der Waals surface area contributed by atoms with E-state index in [1.165, 1.54) is 23.5 Å². The van der Waals surface area contributed by atoms with Gasteiger partial charge in [0.25, 0.3) is 5.91 Å². The Kier molecular flexibility index (Phi) is 7.64. The third kappa shape index (κ3) is 5.61. The van der Waals surface area contributed by atoms with Crippen LogP contribution < -0.4 is 9.54 Å². The maximum absolute atomic E-state index is 12.7. The standard InChI is InChI=1S/C22H26N2O5S2/c1-4-29-13-12-24-19-11-8-17(28-3)15-20(19)30-22(24)23-21(25)14-16-6-9-18(10-7-16)31(26,27)5-2/h6-11,15H,4-5,12-14H2,1-3H3. The molecule has 0 N–H and O–H groups in total. The summed E-state index contributed by atoms with van der Waals surface area (Å²) in [5.74, 6) is 0.486. The fourth-order valence-corrected chi connectivity index (χ4v) is 5.07. The van der Waals surface area contributed by atoms with Gasteiger partial charge in [-0.1, -0.05) is 30.4 Å². The monoisotopic (exact) mass is 462 g/mol. The molecule has 0 spiro atoms. The number of ether oxygens (including phenoxy) is 2. The SMILES string of the molecule is CCOCCn1c(=NC(=O)Cc2ccc(S(=O)(=O)CC)cc2)sc2cc(OC)ccc21. The summed E-state index contributed by atoms with van der Waals surface area (Å²) < 4.78 is 37.6. The molecule has 0 aliphatic rings. The lowest BCUT2D eigenvalue weighted by atomic mass is 10.1. The van der Waals surface area contributed by atoms with Crippen LogP contribution >= 0.6 is 11.3 Å². The lowest BCUT2D eigenvalue weighted by Gasteiger charge is -2.06. The highest BCUT2D eigenvalue weighted by Gasteiger charge is 2.13. The Hall–Kier alpha value is -2.49. The number of nitrogens with zero attached hydrogens (tertiary/aromatic N) is 2. The molecule has 0 atom stereocenters. The summed E-state index contributed by atoms with van der Waals surface area (Å²) in [6.07, 6.45) is 0.0927. The molecule has 0 bridgehead atoms. The van der Waals surface area contributed by atoms with E-state index in [-0.39, 0.29) is 23.0 Å². The van der Waals surface area contributed by atoms with Crippen LogP contribution in [-0.4, -0.2) is 45.0 Å². The normalized spacial score (nSPS) is 12.4. The van der Waals surface area contributed by atoms with E-state index in [4.69, 9.17) is 9.47 Å². The molecule has 1 aromatic heterocycles. The largest absolute Gasteiger partial charge is 0.497 e. The number of amides is 1. The van der Waals surface area contributed by atoms with Crippen LogP contribution in [0.1, 0.15) is 19.4 Å². The Morgan fingerprint density at radius 1 is 1.13 bits per heavy atom. The molecule has 3 aromatic rings. The Morgan fingerprint density at radius 2 is 1.87 bits per heavy atom. The van der Waals surface area contributed by atoms with Crippen LogP contribution in [0.5, 0.6) is 5.75 Å².